The van der Waals surface area contributed by atoms with Crippen LogP contribution in [0, 0.1) is 0 Å². The van der Waals surface area contributed by atoms with Crippen LogP contribution in [0.25, 0.3) is 0 Å². The van der Waals surface area contributed by atoms with E-state index in [0.29, 0.717) is 0 Å². The van der Waals surface area contributed by atoms with Crippen molar-refractivity contribution in [2.45, 2.75) is 57.3 Å². The lowest BCUT2D eigenvalue weighted by Crippen LogP contribution is -2.56. The molecule has 0 aromatic rings. The van der Waals surface area contributed by atoms with Crippen molar-refractivity contribution in [3.8, 4) is 0 Å². The van der Waals surface area contributed by atoms with Gasteiger partial charge in [-0.25, -0.2) is 0 Å². The van der Waals surface area contributed by atoms with Crippen LogP contribution >= 0.6 is 0 Å². The van der Waals surface area contributed by atoms with Crippen molar-refractivity contribution in [2.75, 3.05) is 14.2 Å². The van der Waals surface area contributed by atoms with Crippen LogP contribution in [-0.4, -0.2) is 50.7 Å². The van der Waals surface area contributed by atoms with Crippen molar-refractivity contribution in [3.05, 3.63) is 0 Å². The SMILES string of the molecule is CO[C@@H]1O[C@@H](C)[C@H]2OC(C)(C)O[C@H]2[C@H]1OC. The van der Waals surface area contributed by atoms with E-state index in [9.17, 15) is 0 Å². The second-order valence-corrected chi connectivity index (χ2v) is 4.71. The highest BCUT2D eigenvalue weighted by Crippen LogP contribution is 2.38. The molecule has 0 unspecified atom stereocenters. The van der Waals surface area contributed by atoms with Gasteiger partial charge in [0.2, 0.25) is 0 Å². The minimum absolute atomic E-state index is 0.0666. The standard InChI is InChI=1S/C11H20O5/c1-6-7-8(16-11(2,3)15-7)9(12-4)10(13-5)14-6/h6-10H,1-5H3/t6-,7+,8+,9+,10+/m0/s1. The summed E-state index contributed by atoms with van der Waals surface area (Å²) in [5.41, 5.74) is 0. The lowest BCUT2D eigenvalue weighted by molar-refractivity contribution is -0.271. The predicted molar refractivity (Wildman–Crippen MR) is 56.0 cm³/mol. The average Bonchev–Trinajstić information content (AvgIpc) is 2.54. The van der Waals surface area contributed by atoms with Gasteiger partial charge < -0.3 is 23.7 Å². The lowest BCUT2D eigenvalue weighted by atomic mass is 10.00. The first-order valence-electron chi connectivity index (χ1n) is 5.55. The molecule has 0 radical (unpaired) electrons. The fourth-order valence-corrected chi connectivity index (χ4v) is 2.39. The highest BCUT2D eigenvalue weighted by Gasteiger charge is 2.54. The highest BCUT2D eigenvalue weighted by atomic mass is 16.8. The van der Waals surface area contributed by atoms with Crippen molar-refractivity contribution >= 4 is 0 Å². The summed E-state index contributed by atoms with van der Waals surface area (Å²) >= 11 is 0. The molecule has 0 aromatic heterocycles. The molecule has 0 amide bonds. The maximum absolute atomic E-state index is 5.85. The highest BCUT2D eigenvalue weighted by molar-refractivity contribution is 4.95. The van der Waals surface area contributed by atoms with Gasteiger partial charge in [0.05, 0.1) is 6.10 Å². The van der Waals surface area contributed by atoms with Crippen molar-refractivity contribution in [1.82, 2.24) is 0 Å². The Labute approximate surface area is 95.9 Å². The monoisotopic (exact) mass is 232 g/mol. The van der Waals surface area contributed by atoms with E-state index in [1.807, 2.05) is 20.8 Å². The van der Waals surface area contributed by atoms with Crippen LogP contribution in [0.1, 0.15) is 20.8 Å². The van der Waals surface area contributed by atoms with Gasteiger partial charge in [-0.15, -0.1) is 0 Å². The molecule has 2 fully saturated rings. The van der Waals surface area contributed by atoms with E-state index in [2.05, 4.69) is 0 Å². The largest absolute Gasteiger partial charge is 0.373 e. The van der Waals surface area contributed by atoms with Crippen LogP contribution in [0.15, 0.2) is 0 Å². The lowest BCUT2D eigenvalue weighted by Gasteiger charge is -2.39. The first-order valence-corrected chi connectivity index (χ1v) is 5.55. The van der Waals surface area contributed by atoms with Crippen molar-refractivity contribution in [1.29, 1.82) is 0 Å². The van der Waals surface area contributed by atoms with Gasteiger partial charge >= 0.3 is 0 Å². The average molecular weight is 232 g/mol. The normalized spacial score (nSPS) is 46.7. The molecule has 5 atom stereocenters. The molecule has 0 aliphatic carbocycles. The first kappa shape index (κ1) is 12.3. The summed E-state index contributed by atoms with van der Waals surface area (Å²) in [5.74, 6) is -0.591. The maximum Gasteiger partial charge on any atom is 0.186 e. The summed E-state index contributed by atoms with van der Waals surface area (Å²) in [7, 11) is 3.23. The third-order valence-corrected chi connectivity index (χ3v) is 3.07. The first-order chi connectivity index (χ1) is 7.48. The van der Waals surface area contributed by atoms with Crippen LogP contribution in [0.5, 0.6) is 0 Å². The molecule has 16 heavy (non-hydrogen) atoms. The fraction of sp³-hybridized carbons (Fsp3) is 1.00. The molecule has 5 heteroatoms. The summed E-state index contributed by atoms with van der Waals surface area (Å²) < 4.78 is 28.0. The minimum Gasteiger partial charge on any atom is -0.373 e. The molecule has 2 aliphatic rings. The summed E-state index contributed by atoms with van der Waals surface area (Å²) in [6.45, 7) is 5.75. The van der Waals surface area contributed by atoms with Crippen molar-refractivity contribution in [3.63, 3.8) is 0 Å². The number of rotatable bonds is 2. The second-order valence-electron chi connectivity index (χ2n) is 4.71. The Balaban J connectivity index is 2.19. The number of ether oxygens (including phenoxy) is 5. The maximum atomic E-state index is 5.85. The van der Waals surface area contributed by atoms with E-state index in [4.69, 9.17) is 23.7 Å². The van der Waals surface area contributed by atoms with Crippen molar-refractivity contribution in [2.24, 2.45) is 0 Å². The molecule has 2 rings (SSSR count). The Bertz CT molecular complexity index is 255. The molecular weight excluding hydrogens is 212 g/mol. The van der Waals surface area contributed by atoms with Crippen LogP contribution in [0.2, 0.25) is 0 Å². The molecular formula is C11H20O5. The molecule has 0 aromatic carbocycles. The minimum atomic E-state index is -0.591. The molecule has 2 heterocycles. The van der Waals surface area contributed by atoms with Gasteiger partial charge in [-0.3, -0.25) is 0 Å². The topological polar surface area (TPSA) is 46.2 Å². The van der Waals surface area contributed by atoms with Gasteiger partial charge in [-0.2, -0.15) is 0 Å². The van der Waals surface area contributed by atoms with Crippen LogP contribution in [0.3, 0.4) is 0 Å². The van der Waals surface area contributed by atoms with E-state index < -0.39 is 12.1 Å². The predicted octanol–water partition coefficient (Wildman–Crippen LogP) is 0.913. The van der Waals surface area contributed by atoms with Crippen LogP contribution in [0.4, 0.5) is 0 Å². The Morgan fingerprint density at radius 3 is 2.19 bits per heavy atom. The number of methoxy groups -OCH3 is 2. The smallest absolute Gasteiger partial charge is 0.186 e. The Morgan fingerprint density at radius 2 is 1.62 bits per heavy atom. The van der Waals surface area contributed by atoms with E-state index in [1.54, 1.807) is 14.2 Å². The molecule has 94 valence electrons. The summed E-state index contributed by atoms with van der Waals surface area (Å²) in [6, 6.07) is 0. The summed E-state index contributed by atoms with van der Waals surface area (Å²) in [6.07, 6.45) is -0.977. The fourth-order valence-electron chi connectivity index (χ4n) is 2.39. The van der Waals surface area contributed by atoms with Gasteiger partial charge in [-0.1, -0.05) is 0 Å². The quantitative estimate of drug-likeness (QED) is 0.708. The molecule has 0 bridgehead atoms. The van der Waals surface area contributed by atoms with E-state index >= 15 is 0 Å². The van der Waals surface area contributed by atoms with Gasteiger partial charge in [0.15, 0.2) is 12.1 Å². The second kappa shape index (κ2) is 4.23. The Kier molecular flexibility index (Phi) is 3.25. The molecule has 5 nitrogen and oxygen atoms in total. The van der Waals surface area contributed by atoms with Crippen LogP contribution in [-0.2, 0) is 23.7 Å². The van der Waals surface area contributed by atoms with E-state index in [0.717, 1.165) is 0 Å². The number of fused-ring (bicyclic) bond motifs is 1. The Hall–Kier alpha value is -0.200. The molecule has 0 N–H and O–H groups in total. The summed E-state index contributed by atoms with van der Waals surface area (Å²) in [5, 5.41) is 0. The van der Waals surface area contributed by atoms with Gasteiger partial charge in [0.25, 0.3) is 0 Å². The summed E-state index contributed by atoms with van der Waals surface area (Å²) in [4.78, 5) is 0. The molecule has 0 saturated carbocycles. The zero-order valence-corrected chi connectivity index (χ0v) is 10.4. The zero-order valence-electron chi connectivity index (χ0n) is 10.4. The number of hydrogen-bond donors (Lipinski definition) is 0. The molecule has 2 aliphatic heterocycles. The van der Waals surface area contributed by atoms with E-state index in [-0.39, 0.29) is 24.4 Å². The van der Waals surface area contributed by atoms with Gasteiger partial charge in [-0.05, 0) is 20.8 Å². The zero-order chi connectivity index (χ0) is 11.9. The van der Waals surface area contributed by atoms with E-state index in [1.165, 1.54) is 0 Å². The third-order valence-electron chi connectivity index (χ3n) is 3.07. The molecule has 0 spiro atoms. The molecule has 2 saturated heterocycles. The van der Waals surface area contributed by atoms with Crippen molar-refractivity contribution < 1.29 is 23.7 Å². The van der Waals surface area contributed by atoms with Gasteiger partial charge in [0.1, 0.15) is 18.3 Å². The Morgan fingerprint density at radius 1 is 1.00 bits per heavy atom. The third kappa shape index (κ3) is 1.98. The van der Waals surface area contributed by atoms with Crippen LogP contribution < -0.4 is 0 Å². The number of hydrogen-bond acceptors (Lipinski definition) is 5. The van der Waals surface area contributed by atoms with Gasteiger partial charge in [0, 0.05) is 14.2 Å².